The number of nitrogens with one attached hydrogen (secondary N) is 1. The summed E-state index contributed by atoms with van der Waals surface area (Å²) in [7, 11) is 0. The maximum Gasteiger partial charge on any atom is 0.220 e. The van der Waals surface area contributed by atoms with E-state index in [1.54, 1.807) is 10.7 Å². The van der Waals surface area contributed by atoms with Crippen molar-refractivity contribution in [1.29, 1.82) is 0 Å². The van der Waals surface area contributed by atoms with E-state index in [1.807, 2.05) is 13.0 Å². The summed E-state index contributed by atoms with van der Waals surface area (Å²) in [6, 6.07) is 6.12. The van der Waals surface area contributed by atoms with Gasteiger partial charge in [0.1, 0.15) is 18.0 Å². The molecule has 0 saturated heterocycles. The zero-order valence-corrected chi connectivity index (χ0v) is 12.9. The molecule has 22 heavy (non-hydrogen) atoms. The Labute approximate surface area is 129 Å². The van der Waals surface area contributed by atoms with Crippen molar-refractivity contribution in [2.75, 3.05) is 0 Å². The Kier molecular flexibility index (Phi) is 5.63. The van der Waals surface area contributed by atoms with Gasteiger partial charge in [0.15, 0.2) is 0 Å². The molecule has 0 aliphatic rings. The van der Waals surface area contributed by atoms with Crippen molar-refractivity contribution in [2.45, 2.75) is 45.7 Å². The molecule has 0 spiro atoms. The molecule has 1 heterocycles. The van der Waals surface area contributed by atoms with Gasteiger partial charge in [-0.25, -0.2) is 14.1 Å². The fourth-order valence-electron chi connectivity index (χ4n) is 2.32. The van der Waals surface area contributed by atoms with Crippen LogP contribution in [0.3, 0.4) is 0 Å². The maximum atomic E-state index is 13.1. The number of amides is 1. The lowest BCUT2D eigenvalue weighted by Gasteiger charge is -2.14. The van der Waals surface area contributed by atoms with E-state index in [-0.39, 0.29) is 17.8 Å². The van der Waals surface area contributed by atoms with Crippen molar-refractivity contribution in [3.8, 4) is 0 Å². The number of carbonyl (C=O) groups excluding carboxylic acids is 1. The summed E-state index contributed by atoms with van der Waals surface area (Å²) >= 11 is 0. The zero-order valence-electron chi connectivity index (χ0n) is 12.9. The van der Waals surface area contributed by atoms with Gasteiger partial charge in [-0.05, 0) is 37.5 Å². The molecule has 1 amide bonds. The molecule has 0 unspecified atom stereocenters. The average Bonchev–Trinajstić information content (AvgIpc) is 2.94. The van der Waals surface area contributed by atoms with E-state index in [0.29, 0.717) is 12.8 Å². The SMILES string of the molecule is CCCn1ncnc1[C@@H](C)NC(=O)CCc1cccc(F)c1. The summed E-state index contributed by atoms with van der Waals surface area (Å²) in [6.07, 6.45) is 3.28. The van der Waals surface area contributed by atoms with Gasteiger partial charge < -0.3 is 5.32 Å². The summed E-state index contributed by atoms with van der Waals surface area (Å²) in [5, 5.41) is 7.06. The Morgan fingerprint density at radius 2 is 2.27 bits per heavy atom. The Hall–Kier alpha value is -2.24. The first kappa shape index (κ1) is 16.1. The average molecular weight is 304 g/mol. The quantitative estimate of drug-likeness (QED) is 0.855. The van der Waals surface area contributed by atoms with Gasteiger partial charge in [-0.2, -0.15) is 5.10 Å². The summed E-state index contributed by atoms with van der Waals surface area (Å²) in [6.45, 7) is 4.72. The molecule has 0 radical (unpaired) electrons. The second kappa shape index (κ2) is 7.68. The van der Waals surface area contributed by atoms with Gasteiger partial charge in [0.25, 0.3) is 0 Å². The molecule has 118 valence electrons. The molecule has 0 bridgehead atoms. The molecule has 1 atom stereocenters. The number of aromatic nitrogens is 3. The number of benzene rings is 1. The first-order valence-electron chi connectivity index (χ1n) is 7.51. The molecule has 1 aromatic carbocycles. The predicted octanol–water partition coefficient (Wildman–Crippen LogP) is 2.64. The Bertz CT molecular complexity index is 626. The van der Waals surface area contributed by atoms with Crippen molar-refractivity contribution >= 4 is 5.91 Å². The highest BCUT2D eigenvalue weighted by Gasteiger charge is 2.15. The van der Waals surface area contributed by atoms with E-state index < -0.39 is 0 Å². The molecule has 5 nitrogen and oxygen atoms in total. The van der Waals surface area contributed by atoms with Crippen LogP contribution in [-0.4, -0.2) is 20.7 Å². The monoisotopic (exact) mass is 304 g/mol. The molecule has 1 N–H and O–H groups in total. The Morgan fingerprint density at radius 1 is 1.45 bits per heavy atom. The van der Waals surface area contributed by atoms with Crippen LogP contribution in [0.25, 0.3) is 0 Å². The van der Waals surface area contributed by atoms with Crippen molar-refractivity contribution in [3.63, 3.8) is 0 Å². The first-order chi connectivity index (χ1) is 10.6. The highest BCUT2D eigenvalue weighted by molar-refractivity contribution is 5.76. The molecule has 0 aliphatic carbocycles. The van der Waals surface area contributed by atoms with Crippen LogP contribution in [0, 0.1) is 5.82 Å². The number of halogens is 1. The summed E-state index contributed by atoms with van der Waals surface area (Å²) in [5.74, 6) is 0.391. The number of nitrogens with zero attached hydrogens (tertiary/aromatic N) is 3. The number of carbonyl (C=O) groups is 1. The van der Waals surface area contributed by atoms with Crippen molar-refractivity contribution < 1.29 is 9.18 Å². The van der Waals surface area contributed by atoms with Crippen LogP contribution in [0.15, 0.2) is 30.6 Å². The zero-order chi connectivity index (χ0) is 15.9. The molecule has 2 aromatic rings. The maximum absolute atomic E-state index is 13.1. The van der Waals surface area contributed by atoms with E-state index in [0.717, 1.165) is 24.4 Å². The number of rotatable bonds is 7. The summed E-state index contributed by atoms with van der Waals surface area (Å²) in [4.78, 5) is 16.2. The topological polar surface area (TPSA) is 59.8 Å². The van der Waals surface area contributed by atoms with Crippen molar-refractivity contribution in [2.24, 2.45) is 0 Å². The van der Waals surface area contributed by atoms with Gasteiger partial charge in [0, 0.05) is 13.0 Å². The van der Waals surface area contributed by atoms with E-state index in [9.17, 15) is 9.18 Å². The predicted molar refractivity (Wildman–Crippen MR) is 81.6 cm³/mol. The molecular formula is C16H21FN4O. The molecular weight excluding hydrogens is 283 g/mol. The Morgan fingerprint density at radius 3 is 3.00 bits per heavy atom. The minimum absolute atomic E-state index is 0.0807. The van der Waals surface area contributed by atoms with Gasteiger partial charge >= 0.3 is 0 Å². The second-order valence-electron chi connectivity index (χ2n) is 5.26. The van der Waals surface area contributed by atoms with E-state index in [1.165, 1.54) is 18.5 Å². The molecule has 2 rings (SSSR count). The van der Waals surface area contributed by atoms with Crippen LogP contribution in [0.2, 0.25) is 0 Å². The number of hydrogen-bond donors (Lipinski definition) is 1. The lowest BCUT2D eigenvalue weighted by Crippen LogP contribution is -2.29. The molecule has 6 heteroatoms. The normalized spacial score (nSPS) is 12.1. The minimum atomic E-state index is -0.279. The van der Waals surface area contributed by atoms with E-state index in [2.05, 4.69) is 22.3 Å². The highest BCUT2D eigenvalue weighted by atomic mass is 19.1. The van der Waals surface area contributed by atoms with Crippen LogP contribution < -0.4 is 5.32 Å². The third kappa shape index (κ3) is 4.38. The van der Waals surface area contributed by atoms with Gasteiger partial charge in [0.05, 0.1) is 6.04 Å². The van der Waals surface area contributed by atoms with Crippen LogP contribution in [0.1, 0.15) is 44.1 Å². The minimum Gasteiger partial charge on any atom is -0.346 e. The summed E-state index contributed by atoms with van der Waals surface area (Å²) in [5.41, 5.74) is 0.817. The molecule has 0 fully saturated rings. The van der Waals surface area contributed by atoms with Crippen LogP contribution >= 0.6 is 0 Å². The standard InChI is InChI=1S/C16H21FN4O/c1-3-9-21-16(18-11-19-21)12(2)20-15(22)8-7-13-5-4-6-14(17)10-13/h4-6,10-12H,3,7-9H2,1-2H3,(H,20,22)/t12-/m1/s1. The third-order valence-electron chi connectivity index (χ3n) is 3.38. The molecule has 1 aromatic heterocycles. The van der Waals surface area contributed by atoms with Crippen LogP contribution in [0.5, 0.6) is 0 Å². The van der Waals surface area contributed by atoms with Crippen molar-refractivity contribution in [3.05, 3.63) is 47.8 Å². The smallest absolute Gasteiger partial charge is 0.220 e. The van der Waals surface area contributed by atoms with Gasteiger partial charge in [0.2, 0.25) is 5.91 Å². The fourth-order valence-corrected chi connectivity index (χ4v) is 2.32. The van der Waals surface area contributed by atoms with Crippen LogP contribution in [0.4, 0.5) is 4.39 Å². The second-order valence-corrected chi connectivity index (χ2v) is 5.26. The van der Waals surface area contributed by atoms with Gasteiger partial charge in [-0.1, -0.05) is 19.1 Å². The van der Waals surface area contributed by atoms with Crippen LogP contribution in [-0.2, 0) is 17.8 Å². The van der Waals surface area contributed by atoms with E-state index >= 15 is 0 Å². The lowest BCUT2D eigenvalue weighted by molar-refractivity contribution is -0.121. The Balaban J connectivity index is 1.87. The summed E-state index contributed by atoms with van der Waals surface area (Å²) < 4.78 is 14.9. The molecule has 0 saturated carbocycles. The van der Waals surface area contributed by atoms with Gasteiger partial charge in [-0.15, -0.1) is 0 Å². The first-order valence-corrected chi connectivity index (χ1v) is 7.51. The third-order valence-corrected chi connectivity index (χ3v) is 3.38. The van der Waals surface area contributed by atoms with Crippen molar-refractivity contribution in [1.82, 2.24) is 20.1 Å². The van der Waals surface area contributed by atoms with Gasteiger partial charge in [-0.3, -0.25) is 4.79 Å². The fraction of sp³-hybridized carbons (Fsp3) is 0.438. The molecule has 0 aliphatic heterocycles. The lowest BCUT2D eigenvalue weighted by atomic mass is 10.1. The highest BCUT2D eigenvalue weighted by Crippen LogP contribution is 2.10. The van der Waals surface area contributed by atoms with E-state index in [4.69, 9.17) is 0 Å². The number of aryl methyl sites for hydroxylation is 2. The largest absolute Gasteiger partial charge is 0.346 e. The number of hydrogen-bond acceptors (Lipinski definition) is 3.